The standard InChI is InChI=1S/C13H11N3O/c17-9-10-7-14-13(15-8-10)16-6-5-11-3-1-2-4-12(11)16/h1-4,7-9H,5-6H2. The van der Waals surface area contributed by atoms with Gasteiger partial charge in [0, 0.05) is 24.6 Å². The highest BCUT2D eigenvalue weighted by Gasteiger charge is 2.21. The fourth-order valence-corrected chi connectivity index (χ4v) is 2.08. The SMILES string of the molecule is O=Cc1cnc(N2CCc3ccccc32)nc1. The summed E-state index contributed by atoms with van der Waals surface area (Å²) >= 11 is 0. The van der Waals surface area contributed by atoms with Crippen molar-refractivity contribution < 1.29 is 4.79 Å². The zero-order valence-corrected chi connectivity index (χ0v) is 9.21. The van der Waals surface area contributed by atoms with Crippen LogP contribution >= 0.6 is 0 Å². The number of aromatic nitrogens is 2. The maximum absolute atomic E-state index is 10.5. The molecule has 0 fully saturated rings. The number of benzene rings is 1. The van der Waals surface area contributed by atoms with Gasteiger partial charge in [0.25, 0.3) is 0 Å². The lowest BCUT2D eigenvalue weighted by Crippen LogP contribution is -2.16. The van der Waals surface area contributed by atoms with E-state index >= 15 is 0 Å². The average Bonchev–Trinajstić information content (AvgIpc) is 2.83. The Morgan fingerprint density at radius 1 is 1.18 bits per heavy atom. The summed E-state index contributed by atoms with van der Waals surface area (Å²) in [5, 5.41) is 0. The largest absolute Gasteiger partial charge is 0.310 e. The molecule has 1 aliphatic heterocycles. The average molecular weight is 225 g/mol. The van der Waals surface area contributed by atoms with Gasteiger partial charge in [-0.2, -0.15) is 0 Å². The van der Waals surface area contributed by atoms with E-state index < -0.39 is 0 Å². The van der Waals surface area contributed by atoms with Gasteiger partial charge in [-0.25, -0.2) is 9.97 Å². The van der Waals surface area contributed by atoms with E-state index in [1.807, 2.05) is 12.1 Å². The maximum atomic E-state index is 10.5. The predicted molar refractivity (Wildman–Crippen MR) is 64.6 cm³/mol. The minimum atomic E-state index is 0.501. The molecule has 2 aromatic rings. The first-order valence-corrected chi connectivity index (χ1v) is 5.51. The van der Waals surface area contributed by atoms with E-state index in [9.17, 15) is 4.79 Å². The summed E-state index contributed by atoms with van der Waals surface area (Å²) in [5.74, 6) is 0.653. The summed E-state index contributed by atoms with van der Waals surface area (Å²) in [6.45, 7) is 0.889. The molecular formula is C13H11N3O. The molecule has 1 aromatic heterocycles. The minimum Gasteiger partial charge on any atom is -0.310 e. The quantitative estimate of drug-likeness (QED) is 0.733. The normalized spacial score (nSPS) is 13.5. The molecule has 0 saturated heterocycles. The molecule has 0 radical (unpaired) electrons. The highest BCUT2D eigenvalue weighted by atomic mass is 16.1. The first kappa shape index (κ1) is 9.96. The smallest absolute Gasteiger partial charge is 0.229 e. The zero-order valence-electron chi connectivity index (χ0n) is 9.21. The second-order valence-corrected chi connectivity index (χ2v) is 3.96. The Morgan fingerprint density at radius 2 is 1.94 bits per heavy atom. The van der Waals surface area contributed by atoms with Crippen molar-refractivity contribution in [3.8, 4) is 0 Å². The van der Waals surface area contributed by atoms with Crippen LogP contribution in [0.1, 0.15) is 15.9 Å². The molecule has 0 aliphatic carbocycles. The van der Waals surface area contributed by atoms with Crippen molar-refractivity contribution in [1.82, 2.24) is 9.97 Å². The van der Waals surface area contributed by atoms with Gasteiger partial charge in [0.2, 0.25) is 5.95 Å². The van der Waals surface area contributed by atoms with E-state index in [1.165, 1.54) is 5.56 Å². The van der Waals surface area contributed by atoms with Crippen LogP contribution in [-0.4, -0.2) is 22.8 Å². The molecule has 17 heavy (non-hydrogen) atoms. The van der Waals surface area contributed by atoms with Gasteiger partial charge in [-0.3, -0.25) is 4.79 Å². The number of hydrogen-bond donors (Lipinski definition) is 0. The molecule has 84 valence electrons. The molecule has 2 heterocycles. The van der Waals surface area contributed by atoms with Crippen molar-refractivity contribution in [3.05, 3.63) is 47.8 Å². The van der Waals surface area contributed by atoms with Gasteiger partial charge in [0.05, 0.1) is 5.56 Å². The van der Waals surface area contributed by atoms with Crippen molar-refractivity contribution in [2.75, 3.05) is 11.4 Å². The number of carbonyl (C=O) groups excluding carboxylic acids is 1. The molecular weight excluding hydrogens is 214 g/mol. The lowest BCUT2D eigenvalue weighted by molar-refractivity contribution is 0.112. The van der Waals surface area contributed by atoms with Crippen LogP contribution in [0.25, 0.3) is 0 Å². The third-order valence-corrected chi connectivity index (χ3v) is 2.92. The summed E-state index contributed by atoms with van der Waals surface area (Å²) in [6.07, 6.45) is 4.86. The van der Waals surface area contributed by atoms with Gasteiger partial charge < -0.3 is 4.90 Å². The molecule has 1 aliphatic rings. The molecule has 4 nitrogen and oxygen atoms in total. The Morgan fingerprint density at radius 3 is 2.71 bits per heavy atom. The van der Waals surface area contributed by atoms with E-state index in [2.05, 4.69) is 27.0 Å². The second-order valence-electron chi connectivity index (χ2n) is 3.96. The van der Waals surface area contributed by atoms with Gasteiger partial charge in [-0.15, -0.1) is 0 Å². The van der Waals surface area contributed by atoms with Gasteiger partial charge in [0.15, 0.2) is 6.29 Å². The summed E-state index contributed by atoms with van der Waals surface area (Å²) in [7, 11) is 0. The summed E-state index contributed by atoms with van der Waals surface area (Å²) in [6, 6.07) is 8.24. The Hall–Kier alpha value is -2.23. The number of fused-ring (bicyclic) bond motifs is 1. The third kappa shape index (κ3) is 1.67. The monoisotopic (exact) mass is 225 g/mol. The van der Waals surface area contributed by atoms with Crippen molar-refractivity contribution in [1.29, 1.82) is 0 Å². The first-order chi connectivity index (χ1) is 8.38. The number of anilines is 2. The van der Waals surface area contributed by atoms with Crippen LogP contribution in [0.2, 0.25) is 0 Å². The fraction of sp³-hybridized carbons (Fsp3) is 0.154. The number of nitrogens with zero attached hydrogens (tertiary/aromatic N) is 3. The van der Waals surface area contributed by atoms with E-state index in [1.54, 1.807) is 12.4 Å². The fourth-order valence-electron chi connectivity index (χ4n) is 2.08. The van der Waals surface area contributed by atoms with Gasteiger partial charge >= 0.3 is 0 Å². The number of aldehydes is 1. The van der Waals surface area contributed by atoms with E-state index in [0.717, 1.165) is 24.9 Å². The van der Waals surface area contributed by atoms with Crippen LogP contribution in [0.3, 0.4) is 0 Å². The van der Waals surface area contributed by atoms with Crippen LogP contribution in [0, 0.1) is 0 Å². The molecule has 0 amide bonds. The number of rotatable bonds is 2. The topological polar surface area (TPSA) is 46.1 Å². The van der Waals surface area contributed by atoms with Crippen LogP contribution < -0.4 is 4.90 Å². The number of carbonyl (C=O) groups is 1. The van der Waals surface area contributed by atoms with Crippen molar-refractivity contribution in [2.45, 2.75) is 6.42 Å². The summed E-state index contributed by atoms with van der Waals surface area (Å²) in [4.78, 5) is 21.0. The first-order valence-electron chi connectivity index (χ1n) is 5.51. The molecule has 0 N–H and O–H groups in total. The molecule has 0 bridgehead atoms. The Balaban J connectivity index is 1.98. The van der Waals surface area contributed by atoms with Crippen molar-refractivity contribution in [2.24, 2.45) is 0 Å². The Bertz CT molecular complexity index is 551. The summed E-state index contributed by atoms with van der Waals surface area (Å²) < 4.78 is 0. The van der Waals surface area contributed by atoms with Crippen LogP contribution in [0.15, 0.2) is 36.7 Å². The highest BCUT2D eigenvalue weighted by molar-refractivity contribution is 5.74. The maximum Gasteiger partial charge on any atom is 0.229 e. The molecule has 0 saturated carbocycles. The number of para-hydroxylation sites is 1. The third-order valence-electron chi connectivity index (χ3n) is 2.92. The Kier molecular flexibility index (Phi) is 2.33. The zero-order chi connectivity index (χ0) is 11.7. The Labute approximate surface area is 98.9 Å². The van der Waals surface area contributed by atoms with Crippen LogP contribution in [0.4, 0.5) is 11.6 Å². The highest BCUT2D eigenvalue weighted by Crippen LogP contribution is 2.31. The molecule has 0 atom stereocenters. The van der Waals surface area contributed by atoms with E-state index in [-0.39, 0.29) is 0 Å². The van der Waals surface area contributed by atoms with Gasteiger partial charge in [0.1, 0.15) is 0 Å². The second kappa shape index (κ2) is 3.97. The minimum absolute atomic E-state index is 0.501. The van der Waals surface area contributed by atoms with Gasteiger partial charge in [-0.05, 0) is 18.1 Å². The lowest BCUT2D eigenvalue weighted by atomic mass is 10.2. The van der Waals surface area contributed by atoms with Crippen LogP contribution in [-0.2, 0) is 6.42 Å². The van der Waals surface area contributed by atoms with Gasteiger partial charge in [-0.1, -0.05) is 18.2 Å². The van der Waals surface area contributed by atoms with E-state index in [0.29, 0.717) is 11.5 Å². The van der Waals surface area contributed by atoms with Crippen molar-refractivity contribution in [3.63, 3.8) is 0 Å². The molecule has 3 rings (SSSR count). The predicted octanol–water partition coefficient (Wildman–Crippen LogP) is 1.98. The van der Waals surface area contributed by atoms with Crippen molar-refractivity contribution >= 4 is 17.9 Å². The number of hydrogen-bond acceptors (Lipinski definition) is 4. The molecule has 0 unspecified atom stereocenters. The lowest BCUT2D eigenvalue weighted by Gasteiger charge is -2.16. The molecule has 4 heteroatoms. The molecule has 0 spiro atoms. The molecule has 1 aromatic carbocycles. The van der Waals surface area contributed by atoms with Crippen LogP contribution in [0.5, 0.6) is 0 Å². The summed E-state index contributed by atoms with van der Waals surface area (Å²) in [5.41, 5.74) is 2.98. The van der Waals surface area contributed by atoms with E-state index in [4.69, 9.17) is 0 Å².